The van der Waals surface area contributed by atoms with E-state index in [4.69, 9.17) is 0 Å². The summed E-state index contributed by atoms with van der Waals surface area (Å²) >= 11 is 0. The van der Waals surface area contributed by atoms with Crippen molar-refractivity contribution >= 4 is 5.91 Å². The van der Waals surface area contributed by atoms with Crippen LogP contribution in [0.4, 0.5) is 0 Å². The standard InChI is InChI=1S/C19H31N3O3/c1-14-6-5-7-17(18(14)24)19(25)22-11-15(16(12-22)13-23)10-21(4)9-8-20(2)3/h5-7,15-16,23-24H,8-13H2,1-4H3/t15-,16-/m1/s1. The average molecular weight is 349 g/mol. The van der Waals surface area contributed by atoms with Crippen LogP contribution < -0.4 is 0 Å². The van der Waals surface area contributed by atoms with E-state index in [0.29, 0.717) is 24.2 Å². The van der Waals surface area contributed by atoms with Crippen molar-refractivity contribution in [1.82, 2.24) is 14.7 Å². The summed E-state index contributed by atoms with van der Waals surface area (Å²) in [5.74, 6) is 0.225. The lowest BCUT2D eigenvalue weighted by molar-refractivity contribution is 0.0776. The minimum Gasteiger partial charge on any atom is -0.507 e. The first-order valence-corrected chi connectivity index (χ1v) is 8.85. The van der Waals surface area contributed by atoms with E-state index >= 15 is 0 Å². The second-order valence-electron chi connectivity index (χ2n) is 7.45. The zero-order chi connectivity index (χ0) is 18.6. The number of aryl methyl sites for hydroxylation is 1. The molecule has 140 valence electrons. The van der Waals surface area contributed by atoms with Gasteiger partial charge in [-0.15, -0.1) is 0 Å². The number of amides is 1. The van der Waals surface area contributed by atoms with Gasteiger partial charge in [0.25, 0.3) is 5.91 Å². The number of carbonyl (C=O) groups is 1. The number of aliphatic hydroxyl groups excluding tert-OH is 1. The molecule has 0 spiro atoms. The average Bonchev–Trinajstić information content (AvgIpc) is 2.97. The van der Waals surface area contributed by atoms with E-state index in [1.54, 1.807) is 30.0 Å². The third-order valence-electron chi connectivity index (χ3n) is 5.04. The number of hydrogen-bond acceptors (Lipinski definition) is 5. The molecule has 2 rings (SSSR count). The smallest absolute Gasteiger partial charge is 0.257 e. The molecule has 1 aliphatic heterocycles. The minimum atomic E-state index is -0.155. The summed E-state index contributed by atoms with van der Waals surface area (Å²) < 4.78 is 0. The number of phenolic OH excluding ortho intramolecular Hbond substituents is 1. The predicted octanol–water partition coefficient (Wildman–Crippen LogP) is 0.875. The molecule has 0 radical (unpaired) electrons. The highest BCUT2D eigenvalue weighted by atomic mass is 16.3. The molecule has 1 aromatic carbocycles. The van der Waals surface area contributed by atoms with E-state index in [0.717, 1.165) is 19.6 Å². The normalized spacial score (nSPS) is 20.7. The van der Waals surface area contributed by atoms with Crippen LogP contribution in [0.25, 0.3) is 0 Å². The van der Waals surface area contributed by atoms with Crippen molar-refractivity contribution in [2.45, 2.75) is 6.92 Å². The molecule has 0 aliphatic carbocycles. The Kier molecular flexibility index (Phi) is 6.81. The van der Waals surface area contributed by atoms with Gasteiger partial charge in [0, 0.05) is 45.2 Å². The molecule has 25 heavy (non-hydrogen) atoms. The lowest BCUT2D eigenvalue weighted by Gasteiger charge is -2.25. The van der Waals surface area contributed by atoms with E-state index in [2.05, 4.69) is 30.9 Å². The molecule has 0 saturated carbocycles. The third kappa shape index (κ3) is 4.93. The topological polar surface area (TPSA) is 67.3 Å². The van der Waals surface area contributed by atoms with Gasteiger partial charge in [0.05, 0.1) is 5.56 Å². The molecule has 1 heterocycles. The number of carbonyl (C=O) groups excluding carboxylic acids is 1. The predicted molar refractivity (Wildman–Crippen MR) is 98.9 cm³/mol. The lowest BCUT2D eigenvalue weighted by atomic mass is 9.96. The van der Waals surface area contributed by atoms with Crippen molar-refractivity contribution in [3.05, 3.63) is 29.3 Å². The van der Waals surface area contributed by atoms with E-state index < -0.39 is 0 Å². The summed E-state index contributed by atoms with van der Waals surface area (Å²) in [6.07, 6.45) is 0. The van der Waals surface area contributed by atoms with Crippen LogP contribution in [0, 0.1) is 18.8 Å². The molecule has 2 N–H and O–H groups in total. The first kappa shape index (κ1) is 19.7. The maximum absolute atomic E-state index is 12.8. The molecule has 6 heteroatoms. The number of rotatable bonds is 7. The van der Waals surface area contributed by atoms with Gasteiger partial charge in [0.15, 0.2) is 0 Å². The Bertz CT molecular complexity index is 591. The Morgan fingerprint density at radius 3 is 2.52 bits per heavy atom. The summed E-state index contributed by atoms with van der Waals surface area (Å²) in [6.45, 7) is 5.80. The quantitative estimate of drug-likeness (QED) is 0.765. The molecular formula is C19H31N3O3. The molecule has 1 amide bonds. The van der Waals surface area contributed by atoms with Gasteiger partial charge in [-0.25, -0.2) is 0 Å². The molecule has 2 atom stereocenters. The van der Waals surface area contributed by atoms with Gasteiger partial charge in [-0.3, -0.25) is 4.79 Å². The number of aromatic hydroxyl groups is 1. The highest BCUT2D eigenvalue weighted by Crippen LogP contribution is 2.28. The van der Waals surface area contributed by atoms with E-state index in [-0.39, 0.29) is 30.1 Å². The maximum Gasteiger partial charge on any atom is 0.257 e. The van der Waals surface area contributed by atoms with Crippen molar-refractivity contribution in [2.75, 3.05) is 60.5 Å². The Balaban J connectivity index is 2.02. The van der Waals surface area contributed by atoms with Crippen molar-refractivity contribution in [3.8, 4) is 5.75 Å². The summed E-state index contributed by atoms with van der Waals surface area (Å²) in [6, 6.07) is 5.23. The Labute approximate surface area is 150 Å². The van der Waals surface area contributed by atoms with Crippen LogP contribution in [0.5, 0.6) is 5.75 Å². The monoisotopic (exact) mass is 349 g/mol. The van der Waals surface area contributed by atoms with Gasteiger partial charge in [0.1, 0.15) is 5.75 Å². The summed E-state index contributed by atoms with van der Waals surface area (Å²) in [4.78, 5) is 19.0. The number of likely N-dealkylation sites (tertiary alicyclic amines) is 1. The highest BCUT2D eigenvalue weighted by molar-refractivity contribution is 5.97. The fourth-order valence-corrected chi connectivity index (χ4v) is 3.38. The Hall–Kier alpha value is -1.63. The van der Waals surface area contributed by atoms with Crippen LogP contribution in [0.1, 0.15) is 15.9 Å². The number of phenols is 1. The second kappa shape index (κ2) is 8.65. The lowest BCUT2D eigenvalue weighted by Crippen LogP contribution is -2.35. The van der Waals surface area contributed by atoms with Gasteiger partial charge in [-0.2, -0.15) is 0 Å². The number of para-hydroxylation sites is 1. The molecule has 0 aromatic heterocycles. The van der Waals surface area contributed by atoms with Gasteiger partial charge >= 0.3 is 0 Å². The molecule has 1 aliphatic rings. The number of benzene rings is 1. The minimum absolute atomic E-state index is 0.0552. The van der Waals surface area contributed by atoms with Crippen LogP contribution in [0.3, 0.4) is 0 Å². The number of aliphatic hydroxyl groups is 1. The fourth-order valence-electron chi connectivity index (χ4n) is 3.38. The largest absolute Gasteiger partial charge is 0.507 e. The number of nitrogens with zero attached hydrogens (tertiary/aromatic N) is 3. The van der Waals surface area contributed by atoms with Crippen LogP contribution >= 0.6 is 0 Å². The Morgan fingerprint density at radius 1 is 1.20 bits per heavy atom. The zero-order valence-corrected chi connectivity index (χ0v) is 15.8. The first-order chi connectivity index (χ1) is 11.8. The highest BCUT2D eigenvalue weighted by Gasteiger charge is 2.36. The van der Waals surface area contributed by atoms with E-state index in [1.807, 2.05) is 0 Å². The molecule has 6 nitrogen and oxygen atoms in total. The number of likely N-dealkylation sites (N-methyl/N-ethyl adjacent to an activating group) is 2. The molecule has 1 saturated heterocycles. The second-order valence-corrected chi connectivity index (χ2v) is 7.45. The van der Waals surface area contributed by atoms with Gasteiger partial charge in [0.2, 0.25) is 0 Å². The van der Waals surface area contributed by atoms with Crippen LogP contribution in [0.2, 0.25) is 0 Å². The van der Waals surface area contributed by atoms with Gasteiger partial charge in [-0.05, 0) is 45.6 Å². The van der Waals surface area contributed by atoms with Crippen molar-refractivity contribution in [3.63, 3.8) is 0 Å². The molecule has 0 unspecified atom stereocenters. The molecular weight excluding hydrogens is 318 g/mol. The van der Waals surface area contributed by atoms with E-state index in [9.17, 15) is 15.0 Å². The molecule has 1 fully saturated rings. The van der Waals surface area contributed by atoms with Crippen molar-refractivity contribution < 1.29 is 15.0 Å². The SMILES string of the molecule is Cc1cccc(C(=O)N2C[C@@H](CN(C)CCN(C)C)[C@@H](CO)C2)c1O. The Morgan fingerprint density at radius 2 is 1.88 bits per heavy atom. The van der Waals surface area contributed by atoms with Crippen LogP contribution in [-0.4, -0.2) is 91.3 Å². The molecule has 0 bridgehead atoms. The molecule has 1 aromatic rings. The maximum atomic E-state index is 12.8. The van der Waals surface area contributed by atoms with Gasteiger partial charge in [-0.1, -0.05) is 12.1 Å². The van der Waals surface area contributed by atoms with Crippen molar-refractivity contribution in [2.24, 2.45) is 11.8 Å². The van der Waals surface area contributed by atoms with E-state index in [1.165, 1.54) is 0 Å². The third-order valence-corrected chi connectivity index (χ3v) is 5.04. The zero-order valence-electron chi connectivity index (χ0n) is 15.8. The summed E-state index contributed by atoms with van der Waals surface area (Å²) in [5, 5.41) is 19.9. The van der Waals surface area contributed by atoms with Crippen LogP contribution in [0.15, 0.2) is 18.2 Å². The summed E-state index contributed by atoms with van der Waals surface area (Å²) in [5.41, 5.74) is 1.04. The van der Waals surface area contributed by atoms with Crippen molar-refractivity contribution in [1.29, 1.82) is 0 Å². The number of hydrogen-bond donors (Lipinski definition) is 2. The fraction of sp³-hybridized carbons (Fsp3) is 0.632. The first-order valence-electron chi connectivity index (χ1n) is 8.85. The summed E-state index contributed by atoms with van der Waals surface area (Å²) in [7, 11) is 6.18. The van der Waals surface area contributed by atoms with Crippen LogP contribution in [-0.2, 0) is 0 Å². The van der Waals surface area contributed by atoms with Gasteiger partial charge < -0.3 is 24.9 Å².